The van der Waals surface area contributed by atoms with Crippen LogP contribution >= 0.6 is 23.2 Å². The van der Waals surface area contributed by atoms with Crippen LogP contribution in [0.25, 0.3) is 0 Å². The van der Waals surface area contributed by atoms with Crippen LogP contribution < -0.4 is 0 Å². The summed E-state index contributed by atoms with van der Waals surface area (Å²) in [6.45, 7) is 6.48. The van der Waals surface area contributed by atoms with Crippen LogP contribution in [-0.4, -0.2) is 0 Å². The molecule has 0 saturated heterocycles. The van der Waals surface area contributed by atoms with Gasteiger partial charge in [0.05, 0.1) is 0 Å². The van der Waals surface area contributed by atoms with E-state index in [9.17, 15) is 0 Å². The van der Waals surface area contributed by atoms with Crippen LogP contribution in [0.5, 0.6) is 0 Å². The van der Waals surface area contributed by atoms with Crippen LogP contribution in [0.15, 0.2) is 15.8 Å². The molecule has 0 aliphatic heterocycles. The maximum atomic E-state index is 5.46. The Morgan fingerprint density at radius 2 is 1.90 bits per heavy atom. The molecule has 10 heavy (non-hydrogen) atoms. The molecule has 0 amide bonds. The Balaban J connectivity index is 2.94. The molecule has 0 aromatic rings. The average Bonchev–Trinajstić information content (AvgIpc) is 2.17. The second-order valence-corrected chi connectivity index (χ2v) is 4.19. The van der Waals surface area contributed by atoms with Gasteiger partial charge in [0.2, 0.25) is 0 Å². The quantitative estimate of drug-likeness (QED) is 0.496. The summed E-state index contributed by atoms with van der Waals surface area (Å²) >= 11 is 10.9. The highest BCUT2D eigenvalue weighted by atomic mass is 35.5. The number of hydrogen-bond donors (Lipinski definition) is 0. The first kappa shape index (κ1) is 8.20. The Morgan fingerprint density at radius 1 is 1.50 bits per heavy atom. The topological polar surface area (TPSA) is 0 Å². The molecule has 1 aliphatic carbocycles. The summed E-state index contributed by atoms with van der Waals surface area (Å²) in [5.41, 5.74) is 4.42. The first-order chi connectivity index (χ1) is 4.46. The van der Waals surface area contributed by atoms with Gasteiger partial charge in [0.1, 0.15) is 4.49 Å². The van der Waals surface area contributed by atoms with Gasteiger partial charge in [-0.15, -0.1) is 0 Å². The van der Waals surface area contributed by atoms with Crippen LogP contribution in [0, 0.1) is 11.3 Å². The number of rotatable bonds is 0. The van der Waals surface area contributed by atoms with Crippen molar-refractivity contribution in [2.75, 3.05) is 0 Å². The molecule has 0 radical (unpaired) electrons. The summed E-state index contributed by atoms with van der Waals surface area (Å²) in [7, 11) is 0. The Hall–Kier alpha value is 0.100. The maximum absolute atomic E-state index is 5.46. The molecule has 1 rings (SSSR count). The molecular weight excluding hydrogens is 167 g/mol. The molecule has 0 nitrogen and oxygen atoms in total. The predicted octanol–water partition coefficient (Wildman–Crippen LogP) is 3.51. The summed E-state index contributed by atoms with van der Waals surface area (Å²) in [5.74, 6) is 0.583. The summed E-state index contributed by atoms with van der Waals surface area (Å²) in [6, 6.07) is 0. The van der Waals surface area contributed by atoms with Gasteiger partial charge in [0.15, 0.2) is 0 Å². The van der Waals surface area contributed by atoms with Crippen molar-refractivity contribution in [3.05, 3.63) is 15.8 Å². The summed E-state index contributed by atoms with van der Waals surface area (Å²) in [6.07, 6.45) is 0. The zero-order chi connectivity index (χ0) is 7.94. The monoisotopic (exact) mass is 176 g/mol. The molecule has 1 unspecified atom stereocenters. The minimum Gasteiger partial charge on any atom is -0.0884 e. The lowest BCUT2D eigenvalue weighted by atomic mass is 10.1. The molecule has 1 aliphatic rings. The molecular formula is C8H10Cl2. The standard InChI is InChI=1S/C8H10Cl2/c1-5-6(4-7(9)10)8(5,2)3/h5H,1-3H3. The van der Waals surface area contributed by atoms with Crippen LogP contribution in [-0.2, 0) is 0 Å². The van der Waals surface area contributed by atoms with Crippen LogP contribution in [0.2, 0.25) is 0 Å². The van der Waals surface area contributed by atoms with Crippen LogP contribution in [0.1, 0.15) is 20.8 Å². The minimum atomic E-state index is 0.243. The van der Waals surface area contributed by atoms with E-state index >= 15 is 0 Å². The lowest BCUT2D eigenvalue weighted by molar-refractivity contribution is 0.596. The first-order valence-corrected chi connectivity index (χ1v) is 4.04. The van der Waals surface area contributed by atoms with Gasteiger partial charge < -0.3 is 0 Å². The van der Waals surface area contributed by atoms with Crippen molar-refractivity contribution in [3.63, 3.8) is 0 Å². The molecule has 1 saturated carbocycles. The van der Waals surface area contributed by atoms with Crippen molar-refractivity contribution >= 4 is 23.2 Å². The lowest BCUT2D eigenvalue weighted by Crippen LogP contribution is -1.83. The predicted molar refractivity (Wildman–Crippen MR) is 45.2 cm³/mol. The number of hydrogen-bond acceptors (Lipinski definition) is 0. The fourth-order valence-electron chi connectivity index (χ4n) is 1.14. The minimum absolute atomic E-state index is 0.243. The van der Waals surface area contributed by atoms with Gasteiger partial charge in [0.25, 0.3) is 0 Å². The normalized spacial score (nSPS) is 27.7. The van der Waals surface area contributed by atoms with Crippen LogP contribution in [0.4, 0.5) is 0 Å². The lowest BCUT2D eigenvalue weighted by Gasteiger charge is -1.91. The van der Waals surface area contributed by atoms with E-state index in [1.807, 2.05) is 0 Å². The fourth-order valence-corrected chi connectivity index (χ4v) is 1.34. The van der Waals surface area contributed by atoms with Crippen LogP contribution in [0.3, 0.4) is 0 Å². The Morgan fingerprint density at radius 3 is 2.00 bits per heavy atom. The van der Waals surface area contributed by atoms with E-state index in [2.05, 4.69) is 26.5 Å². The zero-order valence-electron chi connectivity index (χ0n) is 6.33. The third kappa shape index (κ3) is 1.25. The van der Waals surface area contributed by atoms with E-state index in [1.54, 1.807) is 0 Å². The van der Waals surface area contributed by atoms with Crippen molar-refractivity contribution in [1.29, 1.82) is 0 Å². The molecule has 0 heterocycles. The van der Waals surface area contributed by atoms with Gasteiger partial charge in [-0.3, -0.25) is 0 Å². The second kappa shape index (κ2) is 2.30. The maximum Gasteiger partial charge on any atom is 0.148 e. The van der Waals surface area contributed by atoms with Gasteiger partial charge in [-0.05, 0) is 11.5 Å². The molecule has 0 aromatic heterocycles. The van der Waals surface area contributed by atoms with Crippen molar-refractivity contribution in [2.24, 2.45) is 11.3 Å². The van der Waals surface area contributed by atoms with Gasteiger partial charge in [-0.25, -0.2) is 0 Å². The first-order valence-electron chi connectivity index (χ1n) is 3.28. The Labute approximate surface area is 71.5 Å². The zero-order valence-corrected chi connectivity index (χ0v) is 7.85. The molecule has 0 spiro atoms. The number of allylic oxidation sites excluding steroid dienone is 1. The van der Waals surface area contributed by atoms with Gasteiger partial charge in [0, 0.05) is 5.41 Å². The summed E-state index contributed by atoms with van der Waals surface area (Å²) in [4.78, 5) is 0. The highest BCUT2D eigenvalue weighted by molar-refractivity contribution is 6.55. The van der Waals surface area contributed by atoms with Crippen molar-refractivity contribution < 1.29 is 0 Å². The van der Waals surface area contributed by atoms with Crippen molar-refractivity contribution in [1.82, 2.24) is 0 Å². The van der Waals surface area contributed by atoms with Crippen molar-refractivity contribution in [3.8, 4) is 0 Å². The largest absolute Gasteiger partial charge is 0.148 e. The highest BCUT2D eigenvalue weighted by Gasteiger charge is 2.48. The number of halogens is 2. The van der Waals surface area contributed by atoms with E-state index in [0.717, 1.165) is 0 Å². The molecule has 0 aromatic carbocycles. The fraction of sp³-hybridized carbons (Fsp3) is 0.625. The highest BCUT2D eigenvalue weighted by Crippen LogP contribution is 2.56. The van der Waals surface area contributed by atoms with E-state index in [1.165, 1.54) is 5.57 Å². The third-order valence-electron chi connectivity index (χ3n) is 2.36. The van der Waals surface area contributed by atoms with Crippen molar-refractivity contribution in [2.45, 2.75) is 20.8 Å². The molecule has 2 heteroatoms. The molecule has 1 fully saturated rings. The van der Waals surface area contributed by atoms with Gasteiger partial charge >= 0.3 is 0 Å². The smallest absolute Gasteiger partial charge is 0.0884 e. The van der Waals surface area contributed by atoms with E-state index in [-0.39, 0.29) is 9.91 Å². The van der Waals surface area contributed by atoms with E-state index in [0.29, 0.717) is 5.92 Å². The third-order valence-corrected chi connectivity index (χ3v) is 2.54. The van der Waals surface area contributed by atoms with E-state index < -0.39 is 0 Å². The molecule has 0 N–H and O–H groups in total. The summed E-state index contributed by atoms with van der Waals surface area (Å²) in [5, 5.41) is 0. The van der Waals surface area contributed by atoms with Gasteiger partial charge in [-0.1, -0.05) is 49.7 Å². The molecule has 1 atom stereocenters. The average molecular weight is 177 g/mol. The molecule has 56 valence electrons. The van der Waals surface area contributed by atoms with E-state index in [4.69, 9.17) is 23.2 Å². The second-order valence-electron chi connectivity index (χ2n) is 3.24. The Kier molecular flexibility index (Phi) is 1.89. The van der Waals surface area contributed by atoms with Gasteiger partial charge in [-0.2, -0.15) is 0 Å². The summed E-state index contributed by atoms with van der Waals surface area (Å²) < 4.78 is 0.243. The molecule has 0 bridgehead atoms. The SMILES string of the molecule is CC1C(=C=C(Cl)Cl)C1(C)C. The Bertz CT molecular complexity index is 215.